The SMILES string of the molecule is CC(C)(C)C1=N[C]([Ba][C]2(C(C)(C)C)C=CC(C(C)(C)C)=N2)(C(C)(C)C)C=C1. The molecule has 2 atom stereocenters. The fourth-order valence-corrected chi connectivity index (χ4v) is 12.8. The van der Waals surface area contributed by atoms with Crippen molar-refractivity contribution in [2.75, 3.05) is 0 Å². The third kappa shape index (κ3) is 4.61. The van der Waals surface area contributed by atoms with E-state index in [1.807, 2.05) is 0 Å². The van der Waals surface area contributed by atoms with Gasteiger partial charge in [-0.25, -0.2) is 0 Å². The summed E-state index contributed by atoms with van der Waals surface area (Å²) in [5, 5.41) is 0. The van der Waals surface area contributed by atoms with Crippen molar-refractivity contribution in [3.63, 3.8) is 0 Å². The van der Waals surface area contributed by atoms with Crippen LogP contribution in [0.2, 0.25) is 0 Å². The van der Waals surface area contributed by atoms with Crippen LogP contribution in [-0.2, 0) is 0 Å². The molecule has 2 heterocycles. The zero-order valence-corrected chi connectivity index (χ0v) is 24.4. The van der Waals surface area contributed by atoms with Crippen LogP contribution >= 0.6 is 0 Å². The molecule has 0 aromatic carbocycles. The van der Waals surface area contributed by atoms with Crippen molar-refractivity contribution in [1.82, 2.24) is 0 Å². The van der Waals surface area contributed by atoms with Gasteiger partial charge in [0.1, 0.15) is 0 Å². The number of nitrogens with zero attached hydrogens (tertiary/aromatic N) is 2. The van der Waals surface area contributed by atoms with E-state index in [0.717, 1.165) is 0 Å². The quantitative estimate of drug-likeness (QED) is 0.404. The molecule has 0 N–H and O–H groups in total. The van der Waals surface area contributed by atoms with Crippen molar-refractivity contribution in [1.29, 1.82) is 0 Å². The Labute approximate surface area is 192 Å². The van der Waals surface area contributed by atoms with Gasteiger partial charge in [0.15, 0.2) is 0 Å². The fraction of sp³-hybridized carbons (Fsp3) is 0.750. The molecule has 2 nitrogen and oxygen atoms in total. The summed E-state index contributed by atoms with van der Waals surface area (Å²) >= 11 is -1.80. The van der Waals surface area contributed by atoms with Crippen molar-refractivity contribution >= 4 is 55.6 Å². The summed E-state index contributed by atoms with van der Waals surface area (Å²) in [5.41, 5.74) is 2.93. The van der Waals surface area contributed by atoms with Crippen LogP contribution in [0.25, 0.3) is 0 Å². The molecule has 2 unspecified atom stereocenters. The summed E-state index contributed by atoms with van der Waals surface area (Å²) in [4.78, 5) is 10.9. The standard InChI is InChI=1S/2C12H20N.Ba/c2*1-11(2,3)9-7-8-10(13-9)12(4,5)6;/h2*7-8H,1-6H3;. The fourth-order valence-electron chi connectivity index (χ4n) is 3.82. The number of aliphatic imine (C=N–C) groups is 2. The first-order valence-corrected chi connectivity index (χ1v) is 14.9. The Morgan fingerprint density at radius 2 is 0.889 bits per heavy atom. The van der Waals surface area contributed by atoms with Gasteiger partial charge in [-0.15, -0.1) is 0 Å². The van der Waals surface area contributed by atoms with Gasteiger partial charge in [-0.05, 0) is 0 Å². The van der Waals surface area contributed by atoms with Crippen LogP contribution in [0.1, 0.15) is 83.1 Å². The van der Waals surface area contributed by atoms with Crippen molar-refractivity contribution in [3.05, 3.63) is 24.3 Å². The second-order valence-corrected chi connectivity index (χ2v) is 20.6. The van der Waals surface area contributed by atoms with E-state index in [2.05, 4.69) is 107 Å². The molecule has 0 saturated heterocycles. The summed E-state index contributed by atoms with van der Waals surface area (Å²) in [7, 11) is 0. The molecular weight excluding hydrogens is 454 g/mol. The molecule has 2 aliphatic heterocycles. The molecule has 2 rings (SSSR count). The molecule has 0 aromatic rings. The van der Waals surface area contributed by atoms with Crippen LogP contribution < -0.4 is 0 Å². The van der Waals surface area contributed by atoms with Gasteiger partial charge >= 0.3 is 195 Å². The van der Waals surface area contributed by atoms with E-state index in [-0.39, 0.29) is 21.7 Å². The Morgan fingerprint density at radius 3 is 1.07 bits per heavy atom. The molecule has 0 saturated carbocycles. The van der Waals surface area contributed by atoms with Gasteiger partial charge in [0.2, 0.25) is 0 Å². The van der Waals surface area contributed by atoms with Crippen LogP contribution in [0.15, 0.2) is 34.3 Å². The predicted octanol–water partition coefficient (Wildman–Crippen LogP) is 6.29. The Morgan fingerprint density at radius 1 is 0.593 bits per heavy atom. The Bertz CT molecular complexity index is 649. The maximum absolute atomic E-state index is 5.47. The summed E-state index contributed by atoms with van der Waals surface area (Å²) in [6, 6.07) is 0. The zero-order valence-electron chi connectivity index (χ0n) is 19.9. The first kappa shape index (κ1) is 23.7. The van der Waals surface area contributed by atoms with E-state index in [9.17, 15) is 0 Å². The minimum absolute atomic E-state index is 0.0237. The molecule has 0 radical (unpaired) electrons. The molecule has 0 aliphatic carbocycles. The molecule has 2 aliphatic rings. The van der Waals surface area contributed by atoms with Crippen LogP contribution in [0.3, 0.4) is 0 Å². The van der Waals surface area contributed by atoms with Crippen LogP contribution in [-0.4, -0.2) is 55.6 Å². The van der Waals surface area contributed by atoms with Gasteiger partial charge in [0, 0.05) is 0 Å². The monoisotopic (exact) mass is 494 g/mol. The number of hydrogen-bond donors (Lipinski definition) is 0. The second-order valence-electron chi connectivity index (χ2n) is 12.7. The molecular formula is C24H40BaN2. The summed E-state index contributed by atoms with van der Waals surface area (Å²) < 4.78 is -0.0475. The number of hydrogen-bond acceptors (Lipinski definition) is 2. The van der Waals surface area contributed by atoms with Crippen LogP contribution in [0.4, 0.5) is 0 Å². The third-order valence-electron chi connectivity index (χ3n) is 6.35. The van der Waals surface area contributed by atoms with Gasteiger partial charge in [-0.3, -0.25) is 0 Å². The first-order valence-electron chi connectivity index (χ1n) is 10.4. The van der Waals surface area contributed by atoms with Gasteiger partial charge < -0.3 is 0 Å². The van der Waals surface area contributed by atoms with Gasteiger partial charge in [-0.2, -0.15) is 0 Å². The van der Waals surface area contributed by atoms with Gasteiger partial charge in [0.05, 0.1) is 0 Å². The second kappa shape index (κ2) is 6.97. The van der Waals surface area contributed by atoms with E-state index in [4.69, 9.17) is 9.98 Å². The Hall–Kier alpha value is 0.391. The summed E-state index contributed by atoms with van der Waals surface area (Å²) in [6.45, 7) is 27.9. The van der Waals surface area contributed by atoms with E-state index in [0.29, 0.717) is 0 Å². The molecule has 27 heavy (non-hydrogen) atoms. The van der Waals surface area contributed by atoms with E-state index in [1.165, 1.54) is 11.4 Å². The average molecular weight is 494 g/mol. The Balaban J connectivity index is 2.61. The molecule has 148 valence electrons. The molecule has 0 fully saturated rings. The molecule has 0 bridgehead atoms. The maximum atomic E-state index is 5.47. The van der Waals surface area contributed by atoms with Crippen molar-refractivity contribution in [3.8, 4) is 0 Å². The number of allylic oxidation sites excluding steroid dienone is 2. The summed E-state index contributed by atoms with van der Waals surface area (Å²) in [5.74, 6) is 0. The van der Waals surface area contributed by atoms with Gasteiger partial charge in [-0.1, -0.05) is 0 Å². The van der Waals surface area contributed by atoms with Crippen molar-refractivity contribution < 1.29 is 0 Å². The first-order chi connectivity index (χ1) is 11.8. The van der Waals surface area contributed by atoms with Crippen molar-refractivity contribution in [2.24, 2.45) is 31.6 Å². The van der Waals surface area contributed by atoms with Crippen LogP contribution in [0, 0.1) is 21.7 Å². The minimum atomic E-state index is -1.80. The Kier molecular flexibility index (Phi) is 6.11. The van der Waals surface area contributed by atoms with Gasteiger partial charge in [0.25, 0.3) is 0 Å². The van der Waals surface area contributed by atoms with E-state index in [1.54, 1.807) is 0 Å². The van der Waals surface area contributed by atoms with Crippen molar-refractivity contribution in [2.45, 2.75) is 83.1 Å². The predicted molar refractivity (Wildman–Crippen MR) is 122 cm³/mol. The van der Waals surface area contributed by atoms with Crippen LogP contribution in [0.5, 0.6) is 0 Å². The number of rotatable bonds is 2. The normalized spacial score (nSPS) is 29.0. The zero-order chi connectivity index (χ0) is 21.1. The molecule has 0 aromatic heterocycles. The van der Waals surface area contributed by atoms with E-state index >= 15 is 0 Å². The molecule has 0 spiro atoms. The average Bonchev–Trinajstić information content (AvgIpc) is 3.02. The summed E-state index contributed by atoms with van der Waals surface area (Å²) in [6.07, 6.45) is 9.55. The topological polar surface area (TPSA) is 24.7 Å². The third-order valence-corrected chi connectivity index (χ3v) is 18.9. The van der Waals surface area contributed by atoms with E-state index < -0.39 is 44.2 Å². The molecule has 3 heteroatoms. The molecule has 0 amide bonds.